The SMILES string of the molecule is C.C.C=CC(=O)OCCOc1ccccc1.CC.CC. The van der Waals surface area contributed by atoms with Crippen molar-refractivity contribution < 1.29 is 14.3 Å². The highest BCUT2D eigenvalue weighted by molar-refractivity contribution is 5.81. The number of esters is 1. The van der Waals surface area contributed by atoms with E-state index >= 15 is 0 Å². The minimum absolute atomic E-state index is 0. The molecule has 0 N–H and O–H groups in total. The lowest BCUT2D eigenvalue weighted by Gasteiger charge is -2.05. The van der Waals surface area contributed by atoms with E-state index in [9.17, 15) is 4.79 Å². The number of hydrogen-bond acceptors (Lipinski definition) is 3. The van der Waals surface area contributed by atoms with Crippen molar-refractivity contribution in [2.24, 2.45) is 0 Å². The average molecular weight is 284 g/mol. The Hall–Kier alpha value is -1.77. The average Bonchev–Trinajstić information content (AvgIpc) is 2.48. The van der Waals surface area contributed by atoms with Crippen LogP contribution in [0.2, 0.25) is 0 Å². The molecule has 20 heavy (non-hydrogen) atoms. The summed E-state index contributed by atoms with van der Waals surface area (Å²) in [6.45, 7) is 11.9. The van der Waals surface area contributed by atoms with Crippen LogP contribution in [0.5, 0.6) is 5.75 Å². The van der Waals surface area contributed by atoms with Crippen LogP contribution in [0.4, 0.5) is 0 Å². The van der Waals surface area contributed by atoms with Gasteiger partial charge >= 0.3 is 5.97 Å². The van der Waals surface area contributed by atoms with E-state index in [0.717, 1.165) is 11.8 Å². The molecule has 0 saturated heterocycles. The number of carbonyl (C=O) groups excluding carboxylic acids is 1. The highest BCUT2D eigenvalue weighted by Crippen LogP contribution is 2.07. The second kappa shape index (κ2) is 22.4. The Morgan fingerprint density at radius 3 is 2.00 bits per heavy atom. The summed E-state index contributed by atoms with van der Waals surface area (Å²) in [5.41, 5.74) is 0. The second-order valence-corrected chi connectivity index (χ2v) is 2.53. The predicted octanol–water partition coefficient (Wildman–Crippen LogP) is 5.12. The zero-order chi connectivity index (χ0) is 14.2. The van der Waals surface area contributed by atoms with Crippen LogP contribution in [0.25, 0.3) is 0 Å². The molecule has 0 aliphatic carbocycles. The monoisotopic (exact) mass is 284 g/mol. The third kappa shape index (κ3) is 16.2. The van der Waals surface area contributed by atoms with Crippen molar-refractivity contribution in [1.29, 1.82) is 0 Å². The van der Waals surface area contributed by atoms with Crippen LogP contribution in [0.15, 0.2) is 43.0 Å². The summed E-state index contributed by atoms with van der Waals surface area (Å²) in [6.07, 6.45) is 1.13. The van der Waals surface area contributed by atoms with Gasteiger partial charge in [0.05, 0.1) is 0 Å². The van der Waals surface area contributed by atoms with E-state index in [-0.39, 0.29) is 21.5 Å². The third-order valence-corrected chi connectivity index (χ3v) is 1.51. The van der Waals surface area contributed by atoms with Gasteiger partial charge in [-0.15, -0.1) is 0 Å². The fraction of sp³-hybridized carbons (Fsp3) is 0.471. The van der Waals surface area contributed by atoms with Crippen LogP contribution < -0.4 is 4.74 Å². The van der Waals surface area contributed by atoms with Crippen molar-refractivity contribution in [1.82, 2.24) is 0 Å². The Bertz CT molecular complexity index is 294. The zero-order valence-corrected chi connectivity index (χ0v) is 11.8. The van der Waals surface area contributed by atoms with Crippen LogP contribution in [0, 0.1) is 0 Å². The summed E-state index contributed by atoms with van der Waals surface area (Å²) in [5.74, 6) is 0.337. The number of benzene rings is 1. The molecule has 1 rings (SSSR count). The number of ether oxygens (including phenoxy) is 2. The highest BCUT2D eigenvalue weighted by atomic mass is 16.6. The molecule has 0 aromatic heterocycles. The molecule has 0 aliphatic heterocycles. The normalized spacial score (nSPS) is 7.00. The van der Waals surface area contributed by atoms with Gasteiger partial charge in [-0.3, -0.25) is 0 Å². The molecule has 118 valence electrons. The first-order chi connectivity index (χ1) is 8.83. The molecule has 0 amide bonds. The lowest BCUT2D eigenvalue weighted by atomic mass is 10.3. The molecule has 3 nitrogen and oxygen atoms in total. The molecule has 1 aromatic rings. The minimum atomic E-state index is -0.429. The van der Waals surface area contributed by atoms with Crippen molar-refractivity contribution in [3.63, 3.8) is 0 Å². The summed E-state index contributed by atoms with van der Waals surface area (Å²) in [5, 5.41) is 0. The van der Waals surface area contributed by atoms with Gasteiger partial charge in [-0.1, -0.05) is 67.3 Å². The molecule has 1 aromatic carbocycles. The molecule has 0 saturated carbocycles. The van der Waals surface area contributed by atoms with E-state index in [1.54, 1.807) is 0 Å². The molecule has 0 unspecified atom stereocenters. The van der Waals surface area contributed by atoms with E-state index in [1.165, 1.54) is 0 Å². The summed E-state index contributed by atoms with van der Waals surface area (Å²) in [7, 11) is 0. The highest BCUT2D eigenvalue weighted by Gasteiger charge is 1.95. The maximum atomic E-state index is 10.6. The van der Waals surface area contributed by atoms with Crippen molar-refractivity contribution in [3.05, 3.63) is 43.0 Å². The minimum Gasteiger partial charge on any atom is -0.490 e. The molecule has 0 bridgehead atoms. The molecule has 0 radical (unpaired) electrons. The van der Waals surface area contributed by atoms with Crippen LogP contribution in [-0.4, -0.2) is 19.2 Å². The van der Waals surface area contributed by atoms with Crippen LogP contribution in [0.1, 0.15) is 42.5 Å². The lowest BCUT2D eigenvalue weighted by Crippen LogP contribution is -2.09. The van der Waals surface area contributed by atoms with Gasteiger partial charge in [-0.25, -0.2) is 4.79 Å². The summed E-state index contributed by atoms with van der Waals surface area (Å²) in [6, 6.07) is 9.35. The Balaban J connectivity index is -0.000000196. The van der Waals surface area contributed by atoms with Gasteiger partial charge in [0.15, 0.2) is 0 Å². The quantitative estimate of drug-likeness (QED) is 0.428. The zero-order valence-electron chi connectivity index (χ0n) is 11.8. The topological polar surface area (TPSA) is 35.5 Å². The molecule has 0 fully saturated rings. The number of hydrogen-bond donors (Lipinski definition) is 0. The van der Waals surface area contributed by atoms with Crippen molar-refractivity contribution in [3.8, 4) is 5.75 Å². The molecule has 0 atom stereocenters. The fourth-order valence-electron chi connectivity index (χ4n) is 0.877. The Kier molecular flexibility index (Phi) is 30.0. The largest absolute Gasteiger partial charge is 0.490 e. The van der Waals surface area contributed by atoms with Gasteiger partial charge in [-0.2, -0.15) is 0 Å². The van der Waals surface area contributed by atoms with Crippen molar-refractivity contribution in [2.75, 3.05) is 13.2 Å². The van der Waals surface area contributed by atoms with Gasteiger partial charge in [0.2, 0.25) is 0 Å². The Labute approximate surface area is 125 Å². The van der Waals surface area contributed by atoms with Gasteiger partial charge in [0, 0.05) is 6.08 Å². The fourth-order valence-corrected chi connectivity index (χ4v) is 0.877. The second-order valence-electron chi connectivity index (χ2n) is 2.53. The first-order valence-electron chi connectivity index (χ1n) is 6.30. The molecule has 0 spiro atoms. The van der Waals surface area contributed by atoms with Crippen molar-refractivity contribution in [2.45, 2.75) is 42.5 Å². The van der Waals surface area contributed by atoms with Crippen molar-refractivity contribution >= 4 is 5.97 Å². The standard InChI is InChI=1S/C11H12O3.2C2H6.2CH4/c1-2-11(12)14-9-8-13-10-6-4-3-5-7-10;2*1-2;;/h2-7H,1,8-9H2;2*1-2H3;2*1H4. The van der Waals surface area contributed by atoms with Gasteiger partial charge in [0.1, 0.15) is 19.0 Å². The molecule has 0 heterocycles. The van der Waals surface area contributed by atoms with Gasteiger partial charge in [-0.05, 0) is 12.1 Å². The molecule has 3 heteroatoms. The van der Waals surface area contributed by atoms with Crippen LogP contribution in [0.3, 0.4) is 0 Å². The van der Waals surface area contributed by atoms with E-state index < -0.39 is 5.97 Å². The van der Waals surface area contributed by atoms with Gasteiger partial charge < -0.3 is 9.47 Å². The van der Waals surface area contributed by atoms with Crippen LogP contribution in [-0.2, 0) is 9.53 Å². The smallest absolute Gasteiger partial charge is 0.330 e. The van der Waals surface area contributed by atoms with Gasteiger partial charge in [0.25, 0.3) is 0 Å². The summed E-state index contributed by atoms with van der Waals surface area (Å²) >= 11 is 0. The molecule has 0 aliphatic rings. The number of carbonyl (C=O) groups is 1. The van der Waals surface area contributed by atoms with Crippen LogP contribution >= 0.6 is 0 Å². The summed E-state index contributed by atoms with van der Waals surface area (Å²) < 4.78 is 10.0. The van der Waals surface area contributed by atoms with E-state index in [2.05, 4.69) is 6.58 Å². The first kappa shape index (κ1) is 26.7. The first-order valence-corrected chi connectivity index (χ1v) is 6.30. The van der Waals surface area contributed by atoms with E-state index in [4.69, 9.17) is 9.47 Å². The molecular formula is C17H32O3. The van der Waals surface area contributed by atoms with E-state index in [1.807, 2.05) is 58.0 Å². The number of para-hydroxylation sites is 1. The number of rotatable bonds is 5. The maximum Gasteiger partial charge on any atom is 0.330 e. The Morgan fingerprint density at radius 2 is 1.55 bits per heavy atom. The molecular weight excluding hydrogens is 252 g/mol. The Morgan fingerprint density at radius 1 is 1.05 bits per heavy atom. The predicted molar refractivity (Wildman–Crippen MR) is 89.3 cm³/mol. The maximum absolute atomic E-state index is 10.6. The third-order valence-electron chi connectivity index (χ3n) is 1.51. The summed E-state index contributed by atoms with van der Waals surface area (Å²) in [4.78, 5) is 10.6. The van der Waals surface area contributed by atoms with E-state index in [0.29, 0.717) is 6.61 Å². The lowest BCUT2D eigenvalue weighted by molar-refractivity contribution is -0.138.